The summed E-state index contributed by atoms with van der Waals surface area (Å²) in [4.78, 5) is 27.3. The van der Waals surface area contributed by atoms with Gasteiger partial charge in [0.2, 0.25) is 5.91 Å². The van der Waals surface area contributed by atoms with Gasteiger partial charge in [-0.3, -0.25) is 4.79 Å². The Bertz CT molecular complexity index is 1070. The maximum absolute atomic E-state index is 12.7. The number of aromatic amines is 1. The van der Waals surface area contributed by atoms with Crippen LogP contribution in [0, 0.1) is 13.8 Å². The van der Waals surface area contributed by atoms with E-state index in [0.717, 1.165) is 27.7 Å². The third kappa shape index (κ3) is 3.64. The average molecular weight is 382 g/mol. The van der Waals surface area contributed by atoms with E-state index in [9.17, 15) is 14.7 Å². The number of carbonyl (C=O) groups excluding carboxylic acids is 1. The Hall–Kier alpha value is -3.48. The summed E-state index contributed by atoms with van der Waals surface area (Å²) in [7, 11) is 3.12. The molecule has 28 heavy (non-hydrogen) atoms. The van der Waals surface area contributed by atoms with Crippen molar-refractivity contribution in [2.24, 2.45) is 0 Å². The van der Waals surface area contributed by atoms with Gasteiger partial charge in [-0.1, -0.05) is 6.07 Å². The first kappa shape index (κ1) is 19.3. The highest BCUT2D eigenvalue weighted by atomic mass is 16.5. The third-order valence-electron chi connectivity index (χ3n) is 4.64. The molecule has 0 radical (unpaired) electrons. The summed E-state index contributed by atoms with van der Waals surface area (Å²) >= 11 is 0. The summed E-state index contributed by atoms with van der Waals surface area (Å²) < 4.78 is 10.7. The Kier molecular flexibility index (Phi) is 5.26. The first-order valence-electron chi connectivity index (χ1n) is 8.71. The lowest BCUT2D eigenvalue weighted by molar-refractivity contribution is -0.115. The number of hydrogen-bond acceptors (Lipinski definition) is 4. The molecule has 0 aliphatic heterocycles. The molecular weight excluding hydrogens is 360 g/mol. The molecule has 7 nitrogen and oxygen atoms in total. The van der Waals surface area contributed by atoms with Crippen LogP contribution in [-0.2, 0) is 11.2 Å². The lowest BCUT2D eigenvalue weighted by atomic mass is 10.1. The summed E-state index contributed by atoms with van der Waals surface area (Å²) in [6, 6.07) is 8.49. The Morgan fingerprint density at radius 3 is 2.39 bits per heavy atom. The van der Waals surface area contributed by atoms with Crippen molar-refractivity contribution in [2.75, 3.05) is 19.5 Å². The number of rotatable bonds is 6. The number of ether oxygens (including phenoxy) is 2. The number of H-pyrrole nitrogens is 1. The predicted molar refractivity (Wildman–Crippen MR) is 107 cm³/mol. The minimum Gasteiger partial charge on any atom is -0.493 e. The first-order chi connectivity index (χ1) is 13.3. The fraction of sp³-hybridized carbons (Fsp3) is 0.238. The van der Waals surface area contributed by atoms with Crippen molar-refractivity contribution in [3.8, 4) is 11.5 Å². The van der Waals surface area contributed by atoms with Gasteiger partial charge in [-0.05, 0) is 43.2 Å². The van der Waals surface area contributed by atoms with Crippen LogP contribution in [0.1, 0.15) is 27.2 Å². The molecule has 3 rings (SSSR count). The Morgan fingerprint density at radius 2 is 1.75 bits per heavy atom. The van der Waals surface area contributed by atoms with Crippen LogP contribution in [0.15, 0.2) is 30.3 Å². The van der Waals surface area contributed by atoms with Crippen LogP contribution in [0.5, 0.6) is 11.5 Å². The summed E-state index contributed by atoms with van der Waals surface area (Å²) in [6.07, 6.45) is 0.0916. The van der Waals surface area contributed by atoms with Gasteiger partial charge in [0.25, 0.3) is 0 Å². The van der Waals surface area contributed by atoms with Gasteiger partial charge in [0.1, 0.15) is 0 Å². The second-order valence-corrected chi connectivity index (χ2v) is 6.56. The number of benzene rings is 2. The number of methoxy groups -OCH3 is 2. The Morgan fingerprint density at radius 1 is 1.07 bits per heavy atom. The molecule has 2 aromatic carbocycles. The number of carbonyl (C=O) groups is 2. The molecule has 0 saturated carbocycles. The quantitative estimate of drug-likeness (QED) is 0.604. The number of aromatic carboxylic acids is 1. The van der Waals surface area contributed by atoms with Gasteiger partial charge in [-0.15, -0.1) is 0 Å². The molecule has 3 aromatic rings. The molecule has 0 atom stereocenters. The maximum atomic E-state index is 12.7. The van der Waals surface area contributed by atoms with E-state index in [1.807, 2.05) is 26.0 Å². The molecular formula is C21H22N2O5. The average Bonchev–Trinajstić information content (AvgIpc) is 2.94. The van der Waals surface area contributed by atoms with Crippen LogP contribution in [-0.4, -0.2) is 36.2 Å². The maximum Gasteiger partial charge on any atom is 0.337 e. The molecule has 0 aliphatic carbocycles. The zero-order chi connectivity index (χ0) is 20.4. The van der Waals surface area contributed by atoms with Gasteiger partial charge >= 0.3 is 5.97 Å². The van der Waals surface area contributed by atoms with Crippen LogP contribution in [0.25, 0.3) is 10.9 Å². The molecule has 1 amide bonds. The number of nitrogens with one attached hydrogen (secondary N) is 2. The van der Waals surface area contributed by atoms with Crippen LogP contribution in [0.2, 0.25) is 0 Å². The molecule has 0 bridgehead atoms. The molecule has 0 unspecified atom stereocenters. The molecule has 0 spiro atoms. The van der Waals surface area contributed by atoms with Gasteiger partial charge in [0.15, 0.2) is 11.5 Å². The molecule has 3 N–H and O–H groups in total. The van der Waals surface area contributed by atoms with E-state index in [4.69, 9.17) is 9.47 Å². The molecule has 7 heteroatoms. The van der Waals surface area contributed by atoms with Gasteiger partial charge < -0.3 is 24.9 Å². The summed E-state index contributed by atoms with van der Waals surface area (Å²) in [5.74, 6) is -0.220. The van der Waals surface area contributed by atoms with Crippen molar-refractivity contribution in [1.82, 2.24) is 4.98 Å². The van der Waals surface area contributed by atoms with Crippen molar-refractivity contribution in [1.29, 1.82) is 0 Å². The number of anilines is 1. The first-order valence-corrected chi connectivity index (χ1v) is 8.71. The van der Waals surface area contributed by atoms with Crippen LogP contribution in [0.3, 0.4) is 0 Å². The topological polar surface area (TPSA) is 101 Å². The van der Waals surface area contributed by atoms with Gasteiger partial charge in [-0.2, -0.15) is 0 Å². The van der Waals surface area contributed by atoms with Gasteiger partial charge in [0, 0.05) is 22.7 Å². The van der Waals surface area contributed by atoms with E-state index < -0.39 is 5.97 Å². The second kappa shape index (κ2) is 7.64. The minimum atomic E-state index is -1.09. The Balaban J connectivity index is 1.93. The molecule has 1 heterocycles. The zero-order valence-electron chi connectivity index (χ0n) is 16.2. The van der Waals surface area contributed by atoms with Crippen LogP contribution in [0.4, 0.5) is 5.69 Å². The van der Waals surface area contributed by atoms with Crippen LogP contribution >= 0.6 is 0 Å². The number of hydrogen-bond donors (Lipinski definition) is 3. The largest absolute Gasteiger partial charge is 0.493 e. The normalized spacial score (nSPS) is 10.7. The van der Waals surface area contributed by atoms with E-state index in [1.54, 1.807) is 26.4 Å². The lowest BCUT2D eigenvalue weighted by Crippen LogP contribution is -2.17. The summed E-state index contributed by atoms with van der Waals surface area (Å²) in [5, 5.41) is 12.9. The number of carboxylic acids is 1. The van der Waals surface area contributed by atoms with Crippen LogP contribution < -0.4 is 14.8 Å². The van der Waals surface area contributed by atoms with Crippen molar-refractivity contribution in [3.63, 3.8) is 0 Å². The molecule has 146 valence electrons. The number of aromatic nitrogens is 1. The van der Waals surface area contributed by atoms with Gasteiger partial charge in [-0.25, -0.2) is 4.79 Å². The molecule has 0 fully saturated rings. The fourth-order valence-corrected chi connectivity index (χ4v) is 3.24. The van der Waals surface area contributed by atoms with Crippen molar-refractivity contribution < 1.29 is 24.2 Å². The minimum absolute atomic E-state index is 0.0565. The van der Waals surface area contributed by atoms with Gasteiger partial charge in [0.05, 0.1) is 31.9 Å². The molecule has 0 aliphatic rings. The monoisotopic (exact) mass is 382 g/mol. The predicted octanol–water partition coefficient (Wildman–Crippen LogP) is 3.68. The highest BCUT2D eigenvalue weighted by molar-refractivity contribution is 6.02. The highest BCUT2D eigenvalue weighted by Gasteiger charge is 2.18. The van der Waals surface area contributed by atoms with E-state index in [2.05, 4.69) is 10.3 Å². The molecule has 1 aromatic heterocycles. The van der Waals surface area contributed by atoms with E-state index >= 15 is 0 Å². The van der Waals surface area contributed by atoms with Crippen molar-refractivity contribution in [3.05, 3.63) is 52.7 Å². The lowest BCUT2D eigenvalue weighted by Gasteiger charge is -2.10. The molecule has 0 saturated heterocycles. The van der Waals surface area contributed by atoms with E-state index in [-0.39, 0.29) is 23.6 Å². The van der Waals surface area contributed by atoms with Crippen molar-refractivity contribution >= 4 is 28.5 Å². The zero-order valence-corrected chi connectivity index (χ0v) is 16.2. The Labute approximate surface area is 162 Å². The number of aryl methyl sites for hydroxylation is 2. The highest BCUT2D eigenvalue weighted by Crippen LogP contribution is 2.35. The standard InChI is InChI=1S/C21H22N2O5/c1-11-5-6-13(21(25)26)16(7-11)23-20(24)9-14-12(2)22-17-10-19(28-4)18(27-3)8-15(14)17/h5-8,10,22H,9H2,1-4H3,(H,23,24)(H,25,26). The number of amides is 1. The number of carboxylic acid groups (broad SMARTS) is 1. The van der Waals surface area contributed by atoms with E-state index in [1.165, 1.54) is 6.07 Å². The fourth-order valence-electron chi connectivity index (χ4n) is 3.24. The summed E-state index contributed by atoms with van der Waals surface area (Å²) in [5.41, 5.74) is 3.71. The SMILES string of the molecule is COc1cc2[nH]c(C)c(CC(=O)Nc3cc(C)ccc3C(=O)O)c2cc1OC. The third-order valence-corrected chi connectivity index (χ3v) is 4.64. The van der Waals surface area contributed by atoms with Crippen molar-refractivity contribution in [2.45, 2.75) is 20.3 Å². The number of fused-ring (bicyclic) bond motifs is 1. The second-order valence-electron chi connectivity index (χ2n) is 6.56. The van der Waals surface area contributed by atoms with E-state index in [0.29, 0.717) is 11.5 Å². The summed E-state index contributed by atoms with van der Waals surface area (Å²) in [6.45, 7) is 3.72. The smallest absolute Gasteiger partial charge is 0.337 e.